The SMILES string of the molecule is Cc1nc2ncccc2cc1C(=O)N(C)C. The summed E-state index contributed by atoms with van der Waals surface area (Å²) in [5.74, 6) is -0.0317. The molecule has 0 radical (unpaired) electrons. The van der Waals surface area contributed by atoms with E-state index >= 15 is 0 Å². The first kappa shape index (κ1) is 10.5. The Morgan fingerprint density at radius 1 is 1.38 bits per heavy atom. The van der Waals surface area contributed by atoms with E-state index in [9.17, 15) is 4.79 Å². The van der Waals surface area contributed by atoms with E-state index < -0.39 is 0 Å². The molecular formula is C12H13N3O. The smallest absolute Gasteiger partial charge is 0.255 e. The van der Waals surface area contributed by atoms with Crippen LogP contribution in [0.4, 0.5) is 0 Å². The van der Waals surface area contributed by atoms with Crippen LogP contribution in [-0.2, 0) is 0 Å². The maximum Gasteiger partial charge on any atom is 0.255 e. The molecule has 0 N–H and O–H groups in total. The highest BCUT2D eigenvalue weighted by molar-refractivity contribution is 5.97. The van der Waals surface area contributed by atoms with Crippen molar-refractivity contribution >= 4 is 16.9 Å². The van der Waals surface area contributed by atoms with Gasteiger partial charge in [0.25, 0.3) is 5.91 Å². The largest absolute Gasteiger partial charge is 0.345 e. The highest BCUT2D eigenvalue weighted by Crippen LogP contribution is 2.15. The molecular weight excluding hydrogens is 202 g/mol. The average Bonchev–Trinajstić information content (AvgIpc) is 2.27. The summed E-state index contributed by atoms with van der Waals surface area (Å²) >= 11 is 0. The molecule has 0 unspecified atom stereocenters. The summed E-state index contributed by atoms with van der Waals surface area (Å²) in [6.07, 6.45) is 1.70. The number of fused-ring (bicyclic) bond motifs is 1. The van der Waals surface area contributed by atoms with Gasteiger partial charge in [-0.15, -0.1) is 0 Å². The molecule has 0 aliphatic carbocycles. The number of nitrogens with zero attached hydrogens (tertiary/aromatic N) is 3. The van der Waals surface area contributed by atoms with Crippen LogP contribution in [-0.4, -0.2) is 34.9 Å². The topological polar surface area (TPSA) is 46.1 Å². The number of pyridine rings is 2. The second kappa shape index (κ2) is 3.89. The van der Waals surface area contributed by atoms with E-state index in [-0.39, 0.29) is 5.91 Å². The van der Waals surface area contributed by atoms with Crippen molar-refractivity contribution < 1.29 is 4.79 Å². The minimum Gasteiger partial charge on any atom is -0.345 e. The van der Waals surface area contributed by atoms with Crippen molar-refractivity contribution in [2.75, 3.05) is 14.1 Å². The van der Waals surface area contributed by atoms with Crippen LogP contribution in [0, 0.1) is 6.92 Å². The number of carbonyl (C=O) groups is 1. The number of aromatic nitrogens is 2. The van der Waals surface area contributed by atoms with Gasteiger partial charge in [0, 0.05) is 25.7 Å². The van der Waals surface area contributed by atoms with Crippen molar-refractivity contribution in [3.8, 4) is 0 Å². The molecule has 0 spiro atoms. The van der Waals surface area contributed by atoms with Crippen molar-refractivity contribution in [3.63, 3.8) is 0 Å². The third-order valence-corrected chi connectivity index (χ3v) is 2.42. The van der Waals surface area contributed by atoms with Crippen molar-refractivity contribution in [1.29, 1.82) is 0 Å². The fourth-order valence-corrected chi connectivity index (χ4v) is 1.55. The lowest BCUT2D eigenvalue weighted by molar-refractivity contribution is 0.0826. The molecule has 0 saturated carbocycles. The molecule has 0 aliphatic rings. The van der Waals surface area contributed by atoms with E-state index in [0.29, 0.717) is 16.9 Å². The maximum absolute atomic E-state index is 11.9. The van der Waals surface area contributed by atoms with E-state index in [1.54, 1.807) is 25.2 Å². The molecule has 2 aromatic rings. The van der Waals surface area contributed by atoms with E-state index in [2.05, 4.69) is 9.97 Å². The van der Waals surface area contributed by atoms with Gasteiger partial charge in [0.05, 0.1) is 11.3 Å². The fraction of sp³-hybridized carbons (Fsp3) is 0.250. The third-order valence-electron chi connectivity index (χ3n) is 2.42. The Balaban J connectivity index is 2.63. The van der Waals surface area contributed by atoms with Gasteiger partial charge in [-0.25, -0.2) is 9.97 Å². The first-order valence-corrected chi connectivity index (χ1v) is 5.03. The molecule has 0 fully saturated rings. The molecule has 0 aromatic carbocycles. The molecule has 2 heterocycles. The summed E-state index contributed by atoms with van der Waals surface area (Å²) in [5, 5.41) is 0.887. The van der Waals surface area contributed by atoms with Crippen LogP contribution in [0.25, 0.3) is 11.0 Å². The molecule has 0 bridgehead atoms. The minimum atomic E-state index is -0.0317. The average molecular weight is 215 g/mol. The summed E-state index contributed by atoms with van der Waals surface area (Å²) in [7, 11) is 3.46. The lowest BCUT2D eigenvalue weighted by atomic mass is 10.1. The van der Waals surface area contributed by atoms with Crippen LogP contribution < -0.4 is 0 Å². The van der Waals surface area contributed by atoms with Gasteiger partial charge in [-0.05, 0) is 25.1 Å². The van der Waals surface area contributed by atoms with Crippen LogP contribution in [0.1, 0.15) is 16.1 Å². The molecule has 1 amide bonds. The second-order valence-electron chi connectivity index (χ2n) is 3.87. The van der Waals surface area contributed by atoms with E-state index in [1.165, 1.54) is 0 Å². The number of rotatable bonds is 1. The van der Waals surface area contributed by atoms with Crippen LogP contribution in [0.2, 0.25) is 0 Å². The van der Waals surface area contributed by atoms with Crippen molar-refractivity contribution in [2.45, 2.75) is 6.92 Å². The van der Waals surface area contributed by atoms with Crippen LogP contribution in [0.15, 0.2) is 24.4 Å². The van der Waals surface area contributed by atoms with E-state index in [4.69, 9.17) is 0 Å². The Bertz CT molecular complexity index is 549. The number of hydrogen-bond acceptors (Lipinski definition) is 3. The molecule has 2 rings (SSSR count). The normalized spacial score (nSPS) is 10.4. The van der Waals surface area contributed by atoms with Crippen LogP contribution in [0.5, 0.6) is 0 Å². The summed E-state index contributed by atoms with van der Waals surface area (Å²) in [6, 6.07) is 5.58. The quantitative estimate of drug-likeness (QED) is 0.726. The molecule has 2 aromatic heterocycles. The first-order valence-electron chi connectivity index (χ1n) is 5.03. The minimum absolute atomic E-state index is 0.0317. The number of carbonyl (C=O) groups excluding carboxylic acids is 1. The van der Waals surface area contributed by atoms with Gasteiger partial charge in [0.2, 0.25) is 0 Å². The number of hydrogen-bond donors (Lipinski definition) is 0. The molecule has 82 valence electrons. The van der Waals surface area contributed by atoms with Crippen molar-refractivity contribution in [1.82, 2.24) is 14.9 Å². The maximum atomic E-state index is 11.9. The molecule has 0 saturated heterocycles. The zero-order chi connectivity index (χ0) is 11.7. The monoisotopic (exact) mass is 215 g/mol. The highest BCUT2D eigenvalue weighted by atomic mass is 16.2. The Morgan fingerprint density at radius 3 is 2.81 bits per heavy atom. The van der Waals surface area contributed by atoms with Gasteiger partial charge in [-0.1, -0.05) is 0 Å². The van der Waals surface area contributed by atoms with Gasteiger partial charge in [-0.2, -0.15) is 0 Å². The Hall–Kier alpha value is -1.97. The second-order valence-corrected chi connectivity index (χ2v) is 3.87. The van der Waals surface area contributed by atoms with Crippen LogP contribution >= 0.6 is 0 Å². The Morgan fingerprint density at radius 2 is 2.12 bits per heavy atom. The van der Waals surface area contributed by atoms with Crippen LogP contribution in [0.3, 0.4) is 0 Å². The van der Waals surface area contributed by atoms with Gasteiger partial charge in [-0.3, -0.25) is 4.79 Å². The summed E-state index contributed by atoms with van der Waals surface area (Å²) in [4.78, 5) is 21.9. The summed E-state index contributed by atoms with van der Waals surface area (Å²) in [6.45, 7) is 1.82. The Labute approximate surface area is 93.9 Å². The van der Waals surface area contributed by atoms with Gasteiger partial charge in [0.15, 0.2) is 5.65 Å². The molecule has 4 nitrogen and oxygen atoms in total. The molecule has 16 heavy (non-hydrogen) atoms. The zero-order valence-corrected chi connectivity index (χ0v) is 9.56. The molecule has 4 heteroatoms. The lowest BCUT2D eigenvalue weighted by Gasteiger charge is -2.12. The molecule has 0 aliphatic heterocycles. The first-order chi connectivity index (χ1) is 7.59. The highest BCUT2D eigenvalue weighted by Gasteiger charge is 2.13. The van der Waals surface area contributed by atoms with Crippen molar-refractivity contribution in [3.05, 3.63) is 35.7 Å². The Kier molecular flexibility index (Phi) is 2.56. The van der Waals surface area contributed by atoms with Gasteiger partial charge in [0.1, 0.15) is 0 Å². The predicted molar refractivity (Wildman–Crippen MR) is 62.3 cm³/mol. The predicted octanol–water partition coefficient (Wildman–Crippen LogP) is 1.64. The number of aryl methyl sites for hydroxylation is 1. The molecule has 0 atom stereocenters. The van der Waals surface area contributed by atoms with Crippen molar-refractivity contribution in [2.24, 2.45) is 0 Å². The zero-order valence-electron chi connectivity index (χ0n) is 9.56. The van der Waals surface area contributed by atoms with Gasteiger partial charge < -0.3 is 4.90 Å². The summed E-state index contributed by atoms with van der Waals surface area (Å²) in [5.41, 5.74) is 2.02. The standard InChI is InChI=1S/C12H13N3O/c1-8-10(12(16)15(2)3)7-9-5-4-6-13-11(9)14-8/h4-7H,1-3H3. The summed E-state index contributed by atoms with van der Waals surface area (Å²) < 4.78 is 0. The lowest BCUT2D eigenvalue weighted by Crippen LogP contribution is -2.22. The third kappa shape index (κ3) is 1.74. The van der Waals surface area contributed by atoms with Gasteiger partial charge >= 0.3 is 0 Å². The van der Waals surface area contributed by atoms with E-state index in [0.717, 1.165) is 5.39 Å². The number of amides is 1. The fourth-order valence-electron chi connectivity index (χ4n) is 1.55. The van der Waals surface area contributed by atoms with E-state index in [1.807, 2.05) is 25.1 Å².